The van der Waals surface area contributed by atoms with Crippen LogP contribution in [0.5, 0.6) is 11.5 Å². The summed E-state index contributed by atoms with van der Waals surface area (Å²) < 4.78 is 72.3. The molecule has 0 saturated carbocycles. The van der Waals surface area contributed by atoms with Crippen LogP contribution in [0.2, 0.25) is 10.0 Å². The molecular weight excluding hydrogens is 621 g/mol. The van der Waals surface area contributed by atoms with Crippen LogP contribution in [0.1, 0.15) is 13.8 Å². The zero-order chi connectivity index (χ0) is 29.4. The second kappa shape index (κ2) is 14.4. The molecule has 16 heteroatoms. The molecule has 0 aliphatic rings. The van der Waals surface area contributed by atoms with E-state index in [1.165, 1.54) is 50.2 Å². The topological polar surface area (TPSA) is 151 Å². The van der Waals surface area contributed by atoms with Gasteiger partial charge in [0, 0.05) is 13.8 Å². The summed E-state index contributed by atoms with van der Waals surface area (Å²) in [5.41, 5.74) is 0. The highest BCUT2D eigenvalue weighted by Gasteiger charge is 2.23. The monoisotopic (exact) mass is 645 g/mol. The van der Waals surface area contributed by atoms with Gasteiger partial charge in [-0.1, -0.05) is 23.2 Å². The van der Waals surface area contributed by atoms with Crippen LogP contribution in [0, 0.1) is 0 Å². The number of carbonyl (C=O) groups excluding carboxylic acids is 2. The van der Waals surface area contributed by atoms with E-state index in [1.807, 2.05) is 0 Å². The standard InChI is InChI=1S/C23H26Cl3NO10S2/c1-14(28)36-17(10-24)12-35-23-21(25)8-20(9-22(23)26)39(32,33)19-6-4-16(5-7-19)34-13-18(37-15(2)29)11-27-38(3,30)31/h4-9,17-18,27H,10-13H2,1-3H3/t17-,18-/m1/s1. The maximum atomic E-state index is 13.2. The Kier molecular flexibility index (Phi) is 12.1. The number of carbonyl (C=O) groups is 2. The average Bonchev–Trinajstić information content (AvgIpc) is 2.83. The number of ether oxygens (including phenoxy) is 4. The highest BCUT2D eigenvalue weighted by Crippen LogP contribution is 2.37. The number of rotatable bonds is 14. The smallest absolute Gasteiger partial charge is 0.303 e. The number of sulfonamides is 1. The van der Waals surface area contributed by atoms with Crippen molar-refractivity contribution in [2.75, 3.05) is 31.9 Å². The number of hydrogen-bond acceptors (Lipinski definition) is 10. The Bertz CT molecular complexity index is 1360. The second-order valence-electron chi connectivity index (χ2n) is 8.05. The van der Waals surface area contributed by atoms with Crippen molar-refractivity contribution in [1.29, 1.82) is 0 Å². The SMILES string of the molecule is CC(=O)O[C@H](CNS(C)(=O)=O)COc1ccc(S(=O)(=O)c2cc(Cl)c(OC[C@@H](CCl)OC(C)=O)c(Cl)c2)cc1. The molecule has 0 aliphatic carbocycles. The molecule has 0 spiro atoms. The molecular formula is C23H26Cl3NO10S2. The maximum absolute atomic E-state index is 13.2. The summed E-state index contributed by atoms with van der Waals surface area (Å²) >= 11 is 18.2. The molecule has 0 heterocycles. The van der Waals surface area contributed by atoms with Gasteiger partial charge in [-0.15, -0.1) is 11.6 Å². The summed E-state index contributed by atoms with van der Waals surface area (Å²) in [5.74, 6) is -0.976. The highest BCUT2D eigenvalue weighted by atomic mass is 35.5. The summed E-state index contributed by atoms with van der Waals surface area (Å²) in [4.78, 5) is 22.1. The molecule has 0 saturated heterocycles. The van der Waals surface area contributed by atoms with E-state index in [4.69, 9.17) is 53.8 Å². The molecule has 0 aromatic heterocycles. The van der Waals surface area contributed by atoms with E-state index < -0.39 is 44.0 Å². The van der Waals surface area contributed by atoms with Crippen LogP contribution in [0.15, 0.2) is 46.2 Å². The zero-order valence-corrected chi connectivity index (χ0v) is 24.9. The van der Waals surface area contributed by atoms with E-state index in [2.05, 4.69) is 4.72 Å². The van der Waals surface area contributed by atoms with Gasteiger partial charge in [-0.05, 0) is 36.4 Å². The van der Waals surface area contributed by atoms with Gasteiger partial charge in [-0.2, -0.15) is 0 Å². The fourth-order valence-corrected chi connectivity index (χ4v) is 5.68. The van der Waals surface area contributed by atoms with Crippen LogP contribution in [0.4, 0.5) is 0 Å². The number of hydrogen-bond donors (Lipinski definition) is 1. The molecule has 0 bridgehead atoms. The fourth-order valence-electron chi connectivity index (χ4n) is 3.00. The van der Waals surface area contributed by atoms with Crippen molar-refractivity contribution < 1.29 is 45.4 Å². The van der Waals surface area contributed by atoms with Gasteiger partial charge in [0.15, 0.2) is 5.75 Å². The minimum atomic E-state index is -4.06. The molecule has 39 heavy (non-hydrogen) atoms. The molecule has 1 N–H and O–H groups in total. The van der Waals surface area contributed by atoms with Gasteiger partial charge in [-0.3, -0.25) is 9.59 Å². The first kappa shape index (κ1) is 32.9. The van der Waals surface area contributed by atoms with Crippen LogP contribution in [0.25, 0.3) is 0 Å². The van der Waals surface area contributed by atoms with Crippen LogP contribution < -0.4 is 14.2 Å². The van der Waals surface area contributed by atoms with E-state index in [1.54, 1.807) is 0 Å². The largest absolute Gasteiger partial charge is 0.490 e. The van der Waals surface area contributed by atoms with Crippen LogP contribution in [-0.2, 0) is 38.9 Å². The average molecular weight is 647 g/mol. The Morgan fingerprint density at radius 2 is 1.36 bits per heavy atom. The van der Waals surface area contributed by atoms with Crippen molar-refractivity contribution in [1.82, 2.24) is 4.72 Å². The van der Waals surface area contributed by atoms with Crippen LogP contribution >= 0.6 is 34.8 Å². The first-order valence-electron chi connectivity index (χ1n) is 11.1. The summed E-state index contributed by atoms with van der Waals surface area (Å²) in [6.07, 6.45) is -0.721. The normalized spacial score (nSPS) is 13.3. The summed E-state index contributed by atoms with van der Waals surface area (Å²) in [6.45, 7) is 1.84. The third-order valence-corrected chi connectivity index (χ3v) is 8.02. The maximum Gasteiger partial charge on any atom is 0.303 e. The molecule has 0 fully saturated rings. The van der Waals surface area contributed by atoms with Crippen molar-refractivity contribution in [3.63, 3.8) is 0 Å². The van der Waals surface area contributed by atoms with E-state index in [9.17, 15) is 26.4 Å². The molecule has 0 aliphatic heterocycles. The Hall–Kier alpha value is -2.29. The molecule has 216 valence electrons. The summed E-state index contributed by atoms with van der Waals surface area (Å²) in [5, 5.41) is -0.173. The minimum Gasteiger partial charge on any atom is -0.490 e. The first-order chi connectivity index (χ1) is 18.1. The number of benzene rings is 2. The van der Waals surface area contributed by atoms with Crippen molar-refractivity contribution in [3.8, 4) is 11.5 Å². The van der Waals surface area contributed by atoms with Crippen molar-refractivity contribution in [2.24, 2.45) is 0 Å². The predicted octanol–water partition coefficient (Wildman–Crippen LogP) is 3.24. The number of sulfone groups is 1. The van der Waals surface area contributed by atoms with Crippen molar-refractivity contribution >= 4 is 66.6 Å². The Morgan fingerprint density at radius 3 is 1.85 bits per heavy atom. The number of halogens is 3. The Labute approximate surface area is 241 Å². The highest BCUT2D eigenvalue weighted by molar-refractivity contribution is 7.91. The number of nitrogens with one attached hydrogen (secondary N) is 1. The molecule has 2 aromatic carbocycles. The van der Waals surface area contributed by atoms with Crippen molar-refractivity contribution in [3.05, 3.63) is 46.4 Å². The first-order valence-corrected chi connectivity index (χ1v) is 15.7. The molecule has 0 unspecified atom stereocenters. The van der Waals surface area contributed by atoms with Crippen molar-refractivity contribution in [2.45, 2.75) is 35.8 Å². The lowest BCUT2D eigenvalue weighted by molar-refractivity contribution is -0.148. The lowest BCUT2D eigenvalue weighted by atomic mass is 10.3. The molecule has 0 radical (unpaired) electrons. The van der Waals surface area contributed by atoms with Gasteiger partial charge in [-0.25, -0.2) is 21.6 Å². The summed E-state index contributed by atoms with van der Waals surface area (Å²) in [7, 11) is -7.58. The number of alkyl halides is 1. The van der Waals surface area contributed by atoms with E-state index >= 15 is 0 Å². The fraction of sp³-hybridized carbons (Fsp3) is 0.391. The minimum absolute atomic E-state index is 0.00371. The van der Waals surface area contributed by atoms with E-state index in [-0.39, 0.29) is 57.0 Å². The lowest BCUT2D eigenvalue weighted by Gasteiger charge is -2.18. The number of esters is 2. The van der Waals surface area contributed by atoms with Gasteiger partial charge >= 0.3 is 11.9 Å². The summed E-state index contributed by atoms with van der Waals surface area (Å²) in [6, 6.07) is 7.67. The molecule has 2 atom stereocenters. The van der Waals surface area contributed by atoms with Gasteiger partial charge in [0.1, 0.15) is 31.2 Å². The van der Waals surface area contributed by atoms with Gasteiger partial charge < -0.3 is 18.9 Å². The molecule has 11 nitrogen and oxygen atoms in total. The third kappa shape index (κ3) is 10.7. The Balaban J connectivity index is 2.14. The van der Waals surface area contributed by atoms with Gasteiger partial charge in [0.25, 0.3) is 0 Å². The quantitative estimate of drug-likeness (QED) is 0.239. The van der Waals surface area contributed by atoms with Crippen LogP contribution in [0.3, 0.4) is 0 Å². The second-order valence-corrected chi connectivity index (χ2v) is 13.0. The van der Waals surface area contributed by atoms with Crippen LogP contribution in [-0.4, -0.2) is 72.9 Å². The predicted molar refractivity (Wildman–Crippen MR) is 144 cm³/mol. The molecule has 2 rings (SSSR count). The van der Waals surface area contributed by atoms with E-state index in [0.717, 1.165) is 6.26 Å². The Morgan fingerprint density at radius 1 is 0.846 bits per heavy atom. The van der Waals surface area contributed by atoms with Gasteiger partial charge in [0.05, 0.1) is 38.5 Å². The lowest BCUT2D eigenvalue weighted by Crippen LogP contribution is -2.37. The van der Waals surface area contributed by atoms with E-state index in [0.29, 0.717) is 0 Å². The van der Waals surface area contributed by atoms with Gasteiger partial charge in [0.2, 0.25) is 19.9 Å². The molecule has 0 amide bonds. The zero-order valence-electron chi connectivity index (χ0n) is 21.0. The molecule has 2 aromatic rings. The third-order valence-electron chi connectivity index (χ3n) is 4.68.